The van der Waals surface area contributed by atoms with Gasteiger partial charge in [-0.25, -0.2) is 0 Å². The van der Waals surface area contributed by atoms with E-state index in [2.05, 4.69) is 214 Å². The summed E-state index contributed by atoms with van der Waals surface area (Å²) < 4.78 is 7.27. The number of rotatable bonds is 4. The van der Waals surface area contributed by atoms with E-state index in [4.69, 9.17) is 0 Å². The molecule has 0 atom stereocenters. The zero-order chi connectivity index (χ0) is 37.2. The van der Waals surface area contributed by atoms with E-state index in [0.717, 1.165) is 5.69 Å². The summed E-state index contributed by atoms with van der Waals surface area (Å²) in [6.07, 6.45) is 0. The zero-order valence-corrected chi connectivity index (χ0v) is 30.9. The third-order valence-corrected chi connectivity index (χ3v) is 12.4. The number of fused-ring (bicyclic) bond motifs is 12. The third kappa shape index (κ3) is 4.26. The fraction of sp³-hybridized carbons (Fsp3) is 0. The summed E-state index contributed by atoms with van der Waals surface area (Å²) in [6, 6.07) is 73.7. The lowest BCUT2D eigenvalue weighted by atomic mass is 10.00. The van der Waals surface area contributed by atoms with Gasteiger partial charge >= 0.3 is 0 Å². The molecule has 3 nitrogen and oxygen atoms in total. The molecule has 0 radical (unpaired) electrons. The van der Waals surface area contributed by atoms with Crippen LogP contribution in [0.4, 0.5) is 0 Å². The average Bonchev–Trinajstić information content (AvgIpc) is 4.00. The lowest BCUT2D eigenvalue weighted by molar-refractivity contribution is 1.18. The molecule has 13 rings (SSSR count). The van der Waals surface area contributed by atoms with Crippen LogP contribution < -0.4 is 0 Å². The van der Waals surface area contributed by atoms with Gasteiger partial charge in [-0.2, -0.15) is 0 Å². The van der Waals surface area contributed by atoms with Crippen LogP contribution in [0.3, 0.4) is 0 Å². The minimum Gasteiger partial charge on any atom is -0.309 e. The Kier molecular flexibility index (Phi) is 6.16. The molecule has 57 heavy (non-hydrogen) atoms. The predicted octanol–water partition coefficient (Wildman–Crippen LogP) is 14.4. The molecule has 0 fully saturated rings. The second-order valence-corrected chi connectivity index (χ2v) is 15.3. The van der Waals surface area contributed by atoms with E-state index in [1.165, 1.54) is 110 Å². The summed E-state index contributed by atoms with van der Waals surface area (Å²) in [4.78, 5) is 0. The highest BCUT2D eigenvalue weighted by Crippen LogP contribution is 2.42. The Hall–Kier alpha value is -7.62. The van der Waals surface area contributed by atoms with E-state index in [0.29, 0.717) is 0 Å². The van der Waals surface area contributed by atoms with Gasteiger partial charge in [0.15, 0.2) is 0 Å². The Morgan fingerprint density at radius 3 is 1.42 bits per heavy atom. The first kappa shape index (κ1) is 30.7. The van der Waals surface area contributed by atoms with Gasteiger partial charge in [0.25, 0.3) is 0 Å². The first-order valence-electron chi connectivity index (χ1n) is 19.7. The number of aromatic nitrogens is 3. The Morgan fingerprint density at radius 2 is 0.667 bits per heavy atom. The van der Waals surface area contributed by atoms with Crippen LogP contribution in [0.5, 0.6) is 0 Å². The minimum atomic E-state index is 1.15. The second-order valence-electron chi connectivity index (χ2n) is 15.3. The van der Waals surface area contributed by atoms with Crippen molar-refractivity contribution in [1.82, 2.24) is 13.5 Å². The SMILES string of the molecule is c1ccc(-n2c3ccccc3c3ccc(-c4cccc(-n5c6ccccc6c6cc(-c7ccc8c(c7)c7cccc9c%10ccccc%10n8c97)ccc65)c4)cc32)cc1. The van der Waals surface area contributed by atoms with Gasteiger partial charge < -0.3 is 13.5 Å². The van der Waals surface area contributed by atoms with Crippen molar-refractivity contribution in [3.63, 3.8) is 0 Å². The fourth-order valence-electron chi connectivity index (χ4n) is 9.87. The maximum absolute atomic E-state index is 2.45. The molecule has 0 aliphatic rings. The molecule has 0 bridgehead atoms. The summed E-state index contributed by atoms with van der Waals surface area (Å²) in [5, 5.41) is 10.3. The molecular weight excluding hydrogens is 691 g/mol. The van der Waals surface area contributed by atoms with Gasteiger partial charge in [0.05, 0.1) is 38.6 Å². The fourth-order valence-corrected chi connectivity index (χ4v) is 9.87. The van der Waals surface area contributed by atoms with Crippen LogP contribution >= 0.6 is 0 Å². The molecule has 3 heteroatoms. The normalized spacial score (nSPS) is 12.2. The van der Waals surface area contributed by atoms with Crippen LogP contribution in [0.15, 0.2) is 200 Å². The van der Waals surface area contributed by atoms with Crippen molar-refractivity contribution in [3.05, 3.63) is 200 Å². The van der Waals surface area contributed by atoms with Crippen LogP contribution in [0.1, 0.15) is 0 Å². The van der Waals surface area contributed by atoms with Gasteiger partial charge in [-0.05, 0) is 95.1 Å². The van der Waals surface area contributed by atoms with Gasteiger partial charge in [-0.3, -0.25) is 0 Å². The highest BCUT2D eigenvalue weighted by atomic mass is 15.0. The standard InChI is InChI=1S/C54H33N3/c1-2-13-38(14-3-1)55-48-21-7-4-16-40(48)43-27-24-37(33-53(43)55)34-12-10-15-39(30-34)56-49-22-8-6-18-42(49)46-31-35(25-28-51(46)56)36-26-29-52-47(32-36)45-20-11-19-44-41-17-5-9-23-50(41)57(52)54(44)45/h1-33H. The van der Waals surface area contributed by atoms with Gasteiger partial charge in [0, 0.05) is 54.5 Å². The van der Waals surface area contributed by atoms with Crippen molar-refractivity contribution < 1.29 is 0 Å². The molecule has 0 saturated heterocycles. The molecule has 0 aliphatic carbocycles. The summed E-state index contributed by atoms with van der Waals surface area (Å²) in [5.41, 5.74) is 15.8. The maximum atomic E-state index is 2.45. The summed E-state index contributed by atoms with van der Waals surface area (Å²) in [6.45, 7) is 0. The lowest BCUT2D eigenvalue weighted by Crippen LogP contribution is -1.95. The Bertz CT molecular complexity index is 3750. The quantitative estimate of drug-likeness (QED) is 0.172. The number of hydrogen-bond donors (Lipinski definition) is 0. The molecule has 0 amide bonds. The number of para-hydroxylation sites is 5. The molecule has 4 aromatic heterocycles. The molecule has 0 spiro atoms. The molecule has 0 aliphatic heterocycles. The van der Waals surface area contributed by atoms with Crippen molar-refractivity contribution in [3.8, 4) is 33.6 Å². The molecule has 0 unspecified atom stereocenters. The number of benzene rings is 9. The number of hydrogen-bond acceptors (Lipinski definition) is 0. The summed E-state index contributed by atoms with van der Waals surface area (Å²) in [5.74, 6) is 0. The molecule has 13 aromatic rings. The molecular formula is C54H33N3. The third-order valence-electron chi connectivity index (χ3n) is 12.4. The first-order valence-corrected chi connectivity index (χ1v) is 19.7. The Balaban J connectivity index is 0.957. The van der Waals surface area contributed by atoms with Crippen LogP contribution in [-0.4, -0.2) is 13.5 Å². The van der Waals surface area contributed by atoms with E-state index >= 15 is 0 Å². The second kappa shape index (κ2) is 11.5. The zero-order valence-electron chi connectivity index (χ0n) is 30.9. The van der Waals surface area contributed by atoms with Crippen molar-refractivity contribution in [2.75, 3.05) is 0 Å². The maximum Gasteiger partial charge on any atom is 0.0620 e. The van der Waals surface area contributed by atoms with Crippen LogP contribution in [0, 0.1) is 0 Å². The largest absolute Gasteiger partial charge is 0.309 e. The number of nitrogens with zero attached hydrogens (tertiary/aromatic N) is 3. The van der Waals surface area contributed by atoms with Crippen LogP contribution in [-0.2, 0) is 0 Å². The molecule has 0 N–H and O–H groups in total. The van der Waals surface area contributed by atoms with Crippen molar-refractivity contribution in [2.24, 2.45) is 0 Å². The highest BCUT2D eigenvalue weighted by Gasteiger charge is 2.19. The molecule has 0 saturated carbocycles. The monoisotopic (exact) mass is 723 g/mol. The highest BCUT2D eigenvalue weighted by molar-refractivity contribution is 6.23. The molecule has 264 valence electrons. The first-order chi connectivity index (χ1) is 28.3. The van der Waals surface area contributed by atoms with Crippen molar-refractivity contribution >= 4 is 81.7 Å². The van der Waals surface area contributed by atoms with Crippen LogP contribution in [0.2, 0.25) is 0 Å². The van der Waals surface area contributed by atoms with E-state index in [1.807, 2.05) is 0 Å². The van der Waals surface area contributed by atoms with E-state index in [9.17, 15) is 0 Å². The van der Waals surface area contributed by atoms with Crippen molar-refractivity contribution in [2.45, 2.75) is 0 Å². The van der Waals surface area contributed by atoms with Crippen LogP contribution in [0.25, 0.3) is 115 Å². The average molecular weight is 724 g/mol. The van der Waals surface area contributed by atoms with E-state index in [-0.39, 0.29) is 0 Å². The van der Waals surface area contributed by atoms with Gasteiger partial charge in [0.2, 0.25) is 0 Å². The lowest BCUT2D eigenvalue weighted by Gasteiger charge is -2.12. The smallest absolute Gasteiger partial charge is 0.0620 e. The van der Waals surface area contributed by atoms with Crippen molar-refractivity contribution in [1.29, 1.82) is 0 Å². The van der Waals surface area contributed by atoms with Gasteiger partial charge in [-0.15, -0.1) is 0 Å². The minimum absolute atomic E-state index is 1.15. The summed E-state index contributed by atoms with van der Waals surface area (Å²) in [7, 11) is 0. The van der Waals surface area contributed by atoms with E-state index < -0.39 is 0 Å². The van der Waals surface area contributed by atoms with Gasteiger partial charge in [0.1, 0.15) is 0 Å². The topological polar surface area (TPSA) is 14.3 Å². The molecule has 4 heterocycles. The van der Waals surface area contributed by atoms with E-state index in [1.54, 1.807) is 0 Å². The Labute approximate surface area is 327 Å². The summed E-state index contributed by atoms with van der Waals surface area (Å²) >= 11 is 0. The van der Waals surface area contributed by atoms with Gasteiger partial charge in [-0.1, -0.05) is 127 Å². The Morgan fingerprint density at radius 1 is 0.228 bits per heavy atom. The molecule has 9 aromatic carbocycles. The predicted molar refractivity (Wildman–Crippen MR) is 241 cm³/mol.